The van der Waals surface area contributed by atoms with Crippen molar-refractivity contribution in [1.82, 2.24) is 19.9 Å². The quantitative estimate of drug-likeness (QED) is 0.753. The van der Waals surface area contributed by atoms with Gasteiger partial charge in [0.15, 0.2) is 22.8 Å². The Morgan fingerprint density at radius 3 is 2.89 bits per heavy atom. The number of hydrogen-bond acceptors (Lipinski definition) is 5. The van der Waals surface area contributed by atoms with E-state index in [2.05, 4.69) is 15.4 Å². The molecule has 3 aromatic rings. The van der Waals surface area contributed by atoms with Crippen LogP contribution in [-0.4, -0.2) is 39.8 Å². The number of furan rings is 1. The molecule has 1 amide bonds. The highest BCUT2D eigenvalue weighted by molar-refractivity contribution is 5.93. The summed E-state index contributed by atoms with van der Waals surface area (Å²) in [7, 11) is 0. The average Bonchev–Trinajstić information content (AvgIpc) is 3.38. The van der Waals surface area contributed by atoms with Crippen LogP contribution in [-0.2, 0) is 10.9 Å². The molecule has 0 spiro atoms. The molecule has 0 unspecified atom stereocenters. The molecule has 1 aliphatic heterocycles. The Balaban J connectivity index is 1.68. The topological polar surface area (TPSA) is 81.7 Å². The van der Waals surface area contributed by atoms with Crippen LogP contribution in [0.3, 0.4) is 0 Å². The standard InChI is InChI=1S/C17H15F3N4O3/c18-17(19,20)14-7-11(13-4-2-6-27-13)22-15-8-12(23-24(14)15)16(25)21-9-10-3-1-5-26-10/h2,4,6-8,10H,1,3,5,9H2,(H,21,25)/t10-/m0/s1. The van der Waals surface area contributed by atoms with Gasteiger partial charge in [-0.3, -0.25) is 4.79 Å². The van der Waals surface area contributed by atoms with Gasteiger partial charge in [0.1, 0.15) is 5.69 Å². The second-order valence-corrected chi connectivity index (χ2v) is 6.15. The van der Waals surface area contributed by atoms with Crippen LogP contribution in [0, 0.1) is 0 Å². The molecule has 1 saturated heterocycles. The van der Waals surface area contributed by atoms with Gasteiger partial charge in [0.2, 0.25) is 0 Å². The summed E-state index contributed by atoms with van der Waals surface area (Å²) in [6.07, 6.45) is -1.67. The number of carbonyl (C=O) groups excluding carboxylic acids is 1. The van der Waals surface area contributed by atoms with Crippen molar-refractivity contribution in [2.24, 2.45) is 0 Å². The third-order valence-corrected chi connectivity index (χ3v) is 4.24. The molecule has 7 nitrogen and oxygen atoms in total. The minimum Gasteiger partial charge on any atom is -0.463 e. The average molecular weight is 380 g/mol. The molecule has 0 radical (unpaired) electrons. The SMILES string of the molecule is O=C(NC[C@@H]1CCCO1)c1cc2nc(-c3ccco3)cc(C(F)(F)F)n2n1. The lowest BCUT2D eigenvalue weighted by molar-refractivity contribution is -0.142. The van der Waals surface area contributed by atoms with Gasteiger partial charge in [-0.05, 0) is 31.0 Å². The molecule has 1 aliphatic rings. The van der Waals surface area contributed by atoms with E-state index in [0.29, 0.717) is 11.1 Å². The van der Waals surface area contributed by atoms with Gasteiger partial charge >= 0.3 is 6.18 Å². The van der Waals surface area contributed by atoms with Crippen LogP contribution in [0.25, 0.3) is 17.1 Å². The van der Waals surface area contributed by atoms with Crippen molar-refractivity contribution in [3.63, 3.8) is 0 Å². The maximum Gasteiger partial charge on any atom is 0.433 e. The third-order valence-electron chi connectivity index (χ3n) is 4.24. The normalized spacial score (nSPS) is 17.5. The molecule has 142 valence electrons. The number of rotatable bonds is 4. The zero-order valence-electron chi connectivity index (χ0n) is 14.0. The first-order valence-corrected chi connectivity index (χ1v) is 8.33. The Morgan fingerprint density at radius 1 is 1.37 bits per heavy atom. The van der Waals surface area contributed by atoms with E-state index in [9.17, 15) is 18.0 Å². The van der Waals surface area contributed by atoms with Crippen LogP contribution in [0.2, 0.25) is 0 Å². The molecular weight excluding hydrogens is 365 g/mol. The van der Waals surface area contributed by atoms with Crippen LogP contribution in [0.4, 0.5) is 13.2 Å². The van der Waals surface area contributed by atoms with Crippen molar-refractivity contribution in [2.45, 2.75) is 25.1 Å². The number of ether oxygens (including phenoxy) is 1. The lowest BCUT2D eigenvalue weighted by atomic mass is 10.2. The lowest BCUT2D eigenvalue weighted by Gasteiger charge is -2.10. The molecule has 10 heteroatoms. The van der Waals surface area contributed by atoms with Crippen molar-refractivity contribution in [3.8, 4) is 11.5 Å². The van der Waals surface area contributed by atoms with Crippen LogP contribution in [0.15, 0.2) is 34.9 Å². The fraction of sp³-hybridized carbons (Fsp3) is 0.353. The Bertz CT molecular complexity index is 960. The highest BCUT2D eigenvalue weighted by atomic mass is 19.4. The third kappa shape index (κ3) is 3.52. The summed E-state index contributed by atoms with van der Waals surface area (Å²) in [6, 6.07) is 5.11. The Hall–Kier alpha value is -2.88. The van der Waals surface area contributed by atoms with Gasteiger partial charge in [0, 0.05) is 19.2 Å². The molecule has 4 rings (SSSR count). The van der Waals surface area contributed by atoms with Crippen LogP contribution >= 0.6 is 0 Å². The van der Waals surface area contributed by atoms with Crippen molar-refractivity contribution < 1.29 is 27.1 Å². The first kappa shape index (κ1) is 17.5. The number of halogens is 3. The Kier molecular flexibility index (Phi) is 4.34. The number of fused-ring (bicyclic) bond motifs is 1. The van der Waals surface area contributed by atoms with Gasteiger partial charge in [-0.15, -0.1) is 0 Å². The number of carbonyl (C=O) groups is 1. The van der Waals surface area contributed by atoms with Gasteiger partial charge in [-0.2, -0.15) is 18.3 Å². The van der Waals surface area contributed by atoms with E-state index in [0.717, 1.165) is 18.9 Å². The zero-order chi connectivity index (χ0) is 19.0. The molecule has 1 N–H and O–H groups in total. The molecule has 0 aliphatic carbocycles. The van der Waals surface area contributed by atoms with E-state index >= 15 is 0 Å². The Morgan fingerprint density at radius 2 is 2.22 bits per heavy atom. The van der Waals surface area contributed by atoms with Crippen LogP contribution < -0.4 is 5.32 Å². The second-order valence-electron chi connectivity index (χ2n) is 6.15. The van der Waals surface area contributed by atoms with Crippen molar-refractivity contribution in [1.29, 1.82) is 0 Å². The van der Waals surface area contributed by atoms with E-state index in [1.54, 1.807) is 6.07 Å². The van der Waals surface area contributed by atoms with Crippen molar-refractivity contribution in [3.05, 3.63) is 41.9 Å². The van der Waals surface area contributed by atoms with Gasteiger partial charge < -0.3 is 14.5 Å². The molecule has 0 aromatic carbocycles. The second kappa shape index (κ2) is 6.69. The smallest absolute Gasteiger partial charge is 0.433 e. The highest BCUT2D eigenvalue weighted by Gasteiger charge is 2.36. The lowest BCUT2D eigenvalue weighted by Crippen LogP contribution is -2.32. The molecule has 4 heterocycles. The maximum atomic E-state index is 13.5. The summed E-state index contributed by atoms with van der Waals surface area (Å²) in [5.41, 5.74) is -1.29. The van der Waals surface area contributed by atoms with E-state index < -0.39 is 17.8 Å². The molecule has 1 atom stereocenters. The molecule has 27 heavy (non-hydrogen) atoms. The fourth-order valence-corrected chi connectivity index (χ4v) is 2.94. The number of nitrogens with one attached hydrogen (secondary N) is 1. The predicted octanol–water partition coefficient (Wildman–Crippen LogP) is 2.92. The van der Waals surface area contributed by atoms with Gasteiger partial charge in [-0.25, -0.2) is 9.50 Å². The molecule has 1 fully saturated rings. The van der Waals surface area contributed by atoms with Crippen LogP contribution in [0.1, 0.15) is 29.0 Å². The number of amides is 1. The van der Waals surface area contributed by atoms with E-state index in [4.69, 9.17) is 9.15 Å². The number of alkyl halides is 3. The zero-order valence-corrected chi connectivity index (χ0v) is 14.0. The number of aromatic nitrogens is 3. The summed E-state index contributed by atoms with van der Waals surface area (Å²) in [4.78, 5) is 16.4. The summed E-state index contributed by atoms with van der Waals surface area (Å²) >= 11 is 0. The highest BCUT2D eigenvalue weighted by Crippen LogP contribution is 2.32. The van der Waals surface area contributed by atoms with Crippen LogP contribution in [0.5, 0.6) is 0 Å². The minimum absolute atomic E-state index is 0.00559. The molecule has 3 aromatic heterocycles. The summed E-state index contributed by atoms with van der Waals surface area (Å²) in [5.74, 6) is -0.391. The minimum atomic E-state index is -4.68. The van der Waals surface area contributed by atoms with Crippen molar-refractivity contribution in [2.75, 3.05) is 13.2 Å². The largest absolute Gasteiger partial charge is 0.463 e. The first-order valence-electron chi connectivity index (χ1n) is 8.33. The van der Waals surface area contributed by atoms with E-state index in [-0.39, 0.29) is 35.4 Å². The number of hydrogen-bond donors (Lipinski definition) is 1. The maximum absolute atomic E-state index is 13.5. The van der Waals surface area contributed by atoms with Gasteiger partial charge in [0.25, 0.3) is 5.91 Å². The summed E-state index contributed by atoms with van der Waals surface area (Å²) < 4.78 is 51.6. The molecule has 0 saturated carbocycles. The fourth-order valence-electron chi connectivity index (χ4n) is 2.94. The Labute approximate surface area is 151 Å². The molecular formula is C17H15F3N4O3. The summed E-state index contributed by atoms with van der Waals surface area (Å²) in [5, 5.41) is 6.43. The predicted molar refractivity (Wildman–Crippen MR) is 87.0 cm³/mol. The van der Waals surface area contributed by atoms with Gasteiger partial charge in [-0.1, -0.05) is 0 Å². The monoisotopic (exact) mass is 380 g/mol. The van der Waals surface area contributed by atoms with E-state index in [1.807, 2.05) is 0 Å². The summed E-state index contributed by atoms with van der Waals surface area (Å²) in [6.45, 7) is 0.924. The first-order chi connectivity index (χ1) is 12.9. The van der Waals surface area contributed by atoms with E-state index in [1.165, 1.54) is 18.4 Å². The van der Waals surface area contributed by atoms with Crippen molar-refractivity contribution >= 4 is 11.6 Å². The number of nitrogens with zero attached hydrogens (tertiary/aromatic N) is 3. The molecule has 0 bridgehead atoms. The van der Waals surface area contributed by atoms with Gasteiger partial charge in [0.05, 0.1) is 12.4 Å².